The molecule has 152 valence electrons. The summed E-state index contributed by atoms with van der Waals surface area (Å²) in [5.41, 5.74) is 7.94. The quantitative estimate of drug-likeness (QED) is 0.623. The van der Waals surface area contributed by atoms with Gasteiger partial charge in [0.05, 0.1) is 12.5 Å². The Labute approximate surface area is 170 Å². The van der Waals surface area contributed by atoms with Crippen molar-refractivity contribution < 1.29 is 14.4 Å². The standard InChI is InChI=1S/C22H26N4O3/c1-16-7-9-19(10-8-16)23-14-20(27)24-25-22(29)18-13-21(28)26(15-18)12-11-17-5-3-2-4-6-17/h2-10,18,23H,11-15H2,1H3,(H,24,27)(H,25,29). The van der Waals surface area contributed by atoms with Crippen LogP contribution in [-0.2, 0) is 20.8 Å². The van der Waals surface area contributed by atoms with Crippen molar-refractivity contribution in [3.05, 3.63) is 65.7 Å². The highest BCUT2D eigenvalue weighted by atomic mass is 16.2. The minimum Gasteiger partial charge on any atom is -0.376 e. The molecular formula is C22H26N4O3. The van der Waals surface area contributed by atoms with E-state index in [4.69, 9.17) is 0 Å². The van der Waals surface area contributed by atoms with Gasteiger partial charge in [-0.3, -0.25) is 25.2 Å². The molecule has 7 heteroatoms. The van der Waals surface area contributed by atoms with E-state index in [1.54, 1.807) is 4.90 Å². The lowest BCUT2D eigenvalue weighted by Gasteiger charge is -2.16. The maximum absolute atomic E-state index is 12.3. The molecular weight excluding hydrogens is 368 g/mol. The molecule has 1 heterocycles. The molecule has 1 saturated heterocycles. The molecule has 0 aliphatic carbocycles. The summed E-state index contributed by atoms with van der Waals surface area (Å²) in [4.78, 5) is 38.1. The van der Waals surface area contributed by atoms with Crippen molar-refractivity contribution in [2.75, 3.05) is 25.0 Å². The summed E-state index contributed by atoms with van der Waals surface area (Å²) in [6.45, 7) is 2.98. The van der Waals surface area contributed by atoms with Crippen LogP contribution in [-0.4, -0.2) is 42.3 Å². The number of rotatable bonds is 7. The molecule has 0 spiro atoms. The van der Waals surface area contributed by atoms with Crippen LogP contribution in [0.4, 0.5) is 5.69 Å². The number of nitrogens with zero attached hydrogens (tertiary/aromatic N) is 1. The third-order valence-electron chi connectivity index (χ3n) is 4.93. The van der Waals surface area contributed by atoms with E-state index < -0.39 is 5.92 Å². The fourth-order valence-electron chi connectivity index (χ4n) is 3.20. The predicted octanol–water partition coefficient (Wildman–Crippen LogP) is 1.65. The lowest BCUT2D eigenvalue weighted by molar-refractivity contribution is -0.131. The number of hydrazine groups is 1. The maximum Gasteiger partial charge on any atom is 0.257 e. The highest BCUT2D eigenvalue weighted by Crippen LogP contribution is 2.18. The predicted molar refractivity (Wildman–Crippen MR) is 111 cm³/mol. The van der Waals surface area contributed by atoms with Gasteiger partial charge in [0.15, 0.2) is 0 Å². The Bertz CT molecular complexity index is 852. The first-order chi connectivity index (χ1) is 14.0. The van der Waals surface area contributed by atoms with Crippen LogP contribution >= 0.6 is 0 Å². The Kier molecular flexibility index (Phi) is 6.84. The Hall–Kier alpha value is -3.35. The van der Waals surface area contributed by atoms with Crippen LogP contribution < -0.4 is 16.2 Å². The van der Waals surface area contributed by atoms with Crippen LogP contribution in [0.3, 0.4) is 0 Å². The molecule has 3 N–H and O–H groups in total. The zero-order chi connectivity index (χ0) is 20.6. The number of likely N-dealkylation sites (tertiary alicyclic amines) is 1. The number of benzene rings is 2. The molecule has 7 nitrogen and oxygen atoms in total. The molecule has 1 unspecified atom stereocenters. The Balaban J connectivity index is 1.38. The van der Waals surface area contributed by atoms with Crippen LogP contribution in [0.1, 0.15) is 17.5 Å². The maximum atomic E-state index is 12.3. The first-order valence-corrected chi connectivity index (χ1v) is 9.72. The summed E-state index contributed by atoms with van der Waals surface area (Å²) in [6.07, 6.45) is 0.917. The van der Waals surface area contributed by atoms with Gasteiger partial charge >= 0.3 is 0 Å². The average molecular weight is 394 g/mol. The van der Waals surface area contributed by atoms with Crippen molar-refractivity contribution in [1.82, 2.24) is 15.8 Å². The van der Waals surface area contributed by atoms with Gasteiger partial charge in [-0.05, 0) is 31.0 Å². The van der Waals surface area contributed by atoms with Crippen LogP contribution in [0.15, 0.2) is 54.6 Å². The Morgan fingerprint density at radius 3 is 2.48 bits per heavy atom. The number of hydrogen-bond acceptors (Lipinski definition) is 4. The van der Waals surface area contributed by atoms with E-state index in [0.29, 0.717) is 13.1 Å². The van der Waals surface area contributed by atoms with Gasteiger partial charge in [-0.15, -0.1) is 0 Å². The van der Waals surface area contributed by atoms with Gasteiger partial charge in [0, 0.05) is 25.2 Å². The number of anilines is 1. The normalized spacial score (nSPS) is 15.8. The molecule has 1 aliphatic rings. The van der Waals surface area contributed by atoms with Gasteiger partial charge in [0.1, 0.15) is 0 Å². The second-order valence-corrected chi connectivity index (χ2v) is 7.23. The zero-order valence-corrected chi connectivity index (χ0v) is 16.5. The lowest BCUT2D eigenvalue weighted by Crippen LogP contribution is -2.47. The SMILES string of the molecule is Cc1ccc(NCC(=O)NNC(=O)C2CC(=O)N(CCc3ccccc3)C2)cc1. The van der Waals surface area contributed by atoms with Gasteiger partial charge in [-0.2, -0.15) is 0 Å². The first-order valence-electron chi connectivity index (χ1n) is 9.72. The number of nitrogens with one attached hydrogen (secondary N) is 3. The number of carbonyl (C=O) groups excluding carboxylic acids is 3. The lowest BCUT2D eigenvalue weighted by atomic mass is 10.1. The monoisotopic (exact) mass is 394 g/mol. The molecule has 0 aromatic heterocycles. The van der Waals surface area contributed by atoms with E-state index in [1.807, 2.05) is 61.5 Å². The minimum atomic E-state index is -0.455. The summed E-state index contributed by atoms with van der Waals surface area (Å²) in [6, 6.07) is 17.6. The van der Waals surface area contributed by atoms with Gasteiger partial charge in [0.25, 0.3) is 5.91 Å². The summed E-state index contributed by atoms with van der Waals surface area (Å²) >= 11 is 0. The van der Waals surface area contributed by atoms with E-state index in [-0.39, 0.29) is 30.7 Å². The van der Waals surface area contributed by atoms with Crippen LogP contribution in [0.25, 0.3) is 0 Å². The molecule has 0 saturated carbocycles. The third kappa shape index (κ3) is 6.07. The van der Waals surface area contributed by atoms with Crippen LogP contribution in [0, 0.1) is 12.8 Å². The molecule has 0 radical (unpaired) electrons. The summed E-state index contributed by atoms with van der Waals surface area (Å²) < 4.78 is 0. The van der Waals surface area contributed by atoms with Crippen LogP contribution in [0.2, 0.25) is 0 Å². The van der Waals surface area contributed by atoms with E-state index in [1.165, 1.54) is 0 Å². The summed E-state index contributed by atoms with van der Waals surface area (Å²) in [5, 5.41) is 2.99. The van der Waals surface area contributed by atoms with E-state index in [2.05, 4.69) is 16.2 Å². The second kappa shape index (κ2) is 9.73. The Morgan fingerprint density at radius 2 is 1.76 bits per heavy atom. The molecule has 3 rings (SSSR count). The third-order valence-corrected chi connectivity index (χ3v) is 4.93. The van der Waals surface area contributed by atoms with E-state index >= 15 is 0 Å². The largest absolute Gasteiger partial charge is 0.376 e. The molecule has 0 bridgehead atoms. The van der Waals surface area contributed by atoms with Crippen molar-refractivity contribution in [3.8, 4) is 0 Å². The number of amides is 3. The molecule has 1 fully saturated rings. The minimum absolute atomic E-state index is 0.0338. The summed E-state index contributed by atoms with van der Waals surface area (Å²) in [7, 11) is 0. The topological polar surface area (TPSA) is 90.5 Å². The second-order valence-electron chi connectivity index (χ2n) is 7.23. The van der Waals surface area contributed by atoms with Crippen molar-refractivity contribution in [1.29, 1.82) is 0 Å². The highest BCUT2D eigenvalue weighted by molar-refractivity contribution is 5.90. The van der Waals surface area contributed by atoms with E-state index in [9.17, 15) is 14.4 Å². The fourth-order valence-corrected chi connectivity index (χ4v) is 3.20. The number of aryl methyl sites for hydroxylation is 1. The van der Waals surface area contributed by atoms with Gasteiger partial charge < -0.3 is 10.2 Å². The van der Waals surface area contributed by atoms with Crippen molar-refractivity contribution in [2.45, 2.75) is 19.8 Å². The van der Waals surface area contributed by atoms with Crippen molar-refractivity contribution in [3.63, 3.8) is 0 Å². The van der Waals surface area contributed by atoms with Gasteiger partial charge in [-0.1, -0.05) is 48.0 Å². The number of carbonyl (C=O) groups is 3. The molecule has 29 heavy (non-hydrogen) atoms. The van der Waals surface area contributed by atoms with Crippen LogP contribution in [0.5, 0.6) is 0 Å². The summed E-state index contributed by atoms with van der Waals surface area (Å²) in [5.74, 6) is -1.19. The van der Waals surface area contributed by atoms with Gasteiger partial charge in [-0.25, -0.2) is 0 Å². The zero-order valence-electron chi connectivity index (χ0n) is 16.5. The fraction of sp³-hybridized carbons (Fsp3) is 0.318. The molecule has 1 atom stereocenters. The highest BCUT2D eigenvalue weighted by Gasteiger charge is 2.34. The van der Waals surface area contributed by atoms with Crippen molar-refractivity contribution in [2.24, 2.45) is 5.92 Å². The number of hydrogen-bond donors (Lipinski definition) is 3. The van der Waals surface area contributed by atoms with Crippen molar-refractivity contribution >= 4 is 23.4 Å². The molecule has 3 amide bonds. The molecule has 2 aromatic rings. The smallest absolute Gasteiger partial charge is 0.257 e. The first kappa shape index (κ1) is 20.4. The Morgan fingerprint density at radius 1 is 1.03 bits per heavy atom. The van der Waals surface area contributed by atoms with Gasteiger partial charge in [0.2, 0.25) is 11.8 Å². The molecule has 1 aliphatic heterocycles. The van der Waals surface area contributed by atoms with E-state index in [0.717, 1.165) is 23.2 Å². The average Bonchev–Trinajstić information content (AvgIpc) is 3.11. The molecule has 2 aromatic carbocycles.